The van der Waals surface area contributed by atoms with Gasteiger partial charge < -0.3 is 19.5 Å². The molecular formula is C17H23NO4. The summed E-state index contributed by atoms with van der Waals surface area (Å²) in [6.07, 6.45) is 1.39. The van der Waals surface area contributed by atoms with Gasteiger partial charge in [0.15, 0.2) is 0 Å². The van der Waals surface area contributed by atoms with Crippen LogP contribution in [0.5, 0.6) is 5.75 Å². The zero-order chi connectivity index (χ0) is 16.0. The summed E-state index contributed by atoms with van der Waals surface area (Å²) >= 11 is 0. The van der Waals surface area contributed by atoms with E-state index in [-0.39, 0.29) is 23.5 Å². The highest BCUT2D eigenvalue weighted by molar-refractivity contribution is 5.68. The highest BCUT2D eigenvalue weighted by Crippen LogP contribution is 2.47. The van der Waals surface area contributed by atoms with E-state index in [2.05, 4.69) is 0 Å². The predicted octanol–water partition coefficient (Wildman–Crippen LogP) is 3.23. The van der Waals surface area contributed by atoms with Crippen LogP contribution in [0.4, 0.5) is 4.79 Å². The highest BCUT2D eigenvalue weighted by atomic mass is 16.6. The van der Waals surface area contributed by atoms with Gasteiger partial charge in [-0.2, -0.15) is 0 Å². The van der Waals surface area contributed by atoms with E-state index in [4.69, 9.17) is 9.47 Å². The van der Waals surface area contributed by atoms with Gasteiger partial charge in [-0.15, -0.1) is 0 Å². The lowest BCUT2D eigenvalue weighted by Crippen LogP contribution is -2.49. The van der Waals surface area contributed by atoms with E-state index >= 15 is 0 Å². The van der Waals surface area contributed by atoms with Crippen LogP contribution in [0.15, 0.2) is 24.3 Å². The molecule has 3 rings (SSSR count). The van der Waals surface area contributed by atoms with Crippen molar-refractivity contribution in [3.63, 3.8) is 0 Å². The number of rotatable bonds is 1. The Hall–Kier alpha value is -1.75. The van der Waals surface area contributed by atoms with Gasteiger partial charge in [0, 0.05) is 0 Å². The number of ether oxygens (including phenoxy) is 2. The number of phenolic OH excluding ortho intramolecular Hbond substituents is 1. The number of carbonyl (C=O) groups excluding carboxylic acids is 1. The van der Waals surface area contributed by atoms with Crippen molar-refractivity contribution in [3.8, 4) is 5.75 Å². The zero-order valence-electron chi connectivity index (χ0n) is 13.3. The van der Waals surface area contributed by atoms with Crippen molar-refractivity contribution >= 4 is 6.09 Å². The second kappa shape index (κ2) is 5.16. The molecule has 1 aliphatic heterocycles. The first-order valence-electron chi connectivity index (χ1n) is 7.71. The van der Waals surface area contributed by atoms with Crippen LogP contribution < -0.4 is 0 Å². The van der Waals surface area contributed by atoms with E-state index in [1.807, 2.05) is 26.8 Å². The molecule has 1 saturated heterocycles. The maximum absolute atomic E-state index is 12.4. The fraction of sp³-hybridized carbons (Fsp3) is 0.588. The highest BCUT2D eigenvalue weighted by Gasteiger charge is 2.52. The van der Waals surface area contributed by atoms with Gasteiger partial charge in [-0.05, 0) is 51.3 Å². The molecule has 1 aliphatic carbocycles. The van der Waals surface area contributed by atoms with E-state index in [1.54, 1.807) is 23.1 Å². The van der Waals surface area contributed by atoms with Crippen molar-refractivity contribution in [3.05, 3.63) is 29.8 Å². The standard InChI is InChI=1S/C17H23NO4/c1-16(2,3)22-15(20)18-10-14(21-17(11-18)7-8-17)12-5-4-6-13(19)9-12/h4-6,9,14,19H,7-8,10-11H2,1-3H3/t14-/m0/s1. The van der Waals surface area contributed by atoms with Crippen LogP contribution in [0.3, 0.4) is 0 Å². The molecule has 0 bridgehead atoms. The number of phenols is 1. The van der Waals surface area contributed by atoms with Crippen LogP contribution in [0.1, 0.15) is 45.3 Å². The molecule has 0 radical (unpaired) electrons. The van der Waals surface area contributed by atoms with Crippen molar-refractivity contribution < 1.29 is 19.4 Å². The first-order valence-corrected chi connectivity index (χ1v) is 7.71. The predicted molar refractivity (Wildman–Crippen MR) is 81.7 cm³/mol. The summed E-state index contributed by atoms with van der Waals surface area (Å²) in [5.41, 5.74) is 0.150. The van der Waals surface area contributed by atoms with E-state index in [0.29, 0.717) is 13.1 Å². The van der Waals surface area contributed by atoms with Crippen LogP contribution in [0.2, 0.25) is 0 Å². The summed E-state index contributed by atoms with van der Waals surface area (Å²) in [5, 5.41) is 9.66. The second-order valence-corrected chi connectivity index (χ2v) is 7.25. The van der Waals surface area contributed by atoms with Gasteiger partial charge in [0.05, 0.1) is 18.7 Å². The molecule has 5 nitrogen and oxygen atoms in total. The fourth-order valence-electron chi connectivity index (χ4n) is 2.77. The molecule has 1 N–H and O–H groups in total. The van der Waals surface area contributed by atoms with Crippen LogP contribution in [-0.2, 0) is 9.47 Å². The molecule has 22 heavy (non-hydrogen) atoms. The molecule has 1 spiro atoms. The Kier molecular flexibility index (Phi) is 3.56. The average Bonchev–Trinajstić information content (AvgIpc) is 3.15. The van der Waals surface area contributed by atoms with Crippen molar-refractivity contribution in [2.24, 2.45) is 0 Å². The molecule has 1 heterocycles. The van der Waals surface area contributed by atoms with Crippen molar-refractivity contribution in [1.82, 2.24) is 4.90 Å². The third-order valence-corrected chi connectivity index (χ3v) is 3.96. The lowest BCUT2D eigenvalue weighted by atomic mass is 10.1. The number of carbonyl (C=O) groups is 1. The maximum Gasteiger partial charge on any atom is 0.410 e. The Labute approximate surface area is 130 Å². The Morgan fingerprint density at radius 3 is 2.73 bits per heavy atom. The van der Waals surface area contributed by atoms with E-state index < -0.39 is 5.60 Å². The quantitative estimate of drug-likeness (QED) is 0.865. The van der Waals surface area contributed by atoms with Gasteiger partial charge in [0.2, 0.25) is 0 Å². The molecule has 2 aliphatic rings. The minimum atomic E-state index is -0.507. The van der Waals surface area contributed by atoms with Crippen molar-refractivity contribution in [2.75, 3.05) is 13.1 Å². The monoisotopic (exact) mass is 305 g/mol. The Morgan fingerprint density at radius 1 is 1.41 bits per heavy atom. The van der Waals surface area contributed by atoms with Gasteiger partial charge >= 0.3 is 6.09 Å². The minimum absolute atomic E-state index is 0.209. The molecule has 120 valence electrons. The summed E-state index contributed by atoms with van der Waals surface area (Å²) in [5.74, 6) is 0.209. The first-order chi connectivity index (χ1) is 10.3. The molecule has 2 fully saturated rings. The summed E-state index contributed by atoms with van der Waals surface area (Å²) in [7, 11) is 0. The first kappa shape index (κ1) is 15.2. The van der Waals surface area contributed by atoms with Gasteiger partial charge in [-0.25, -0.2) is 4.79 Å². The van der Waals surface area contributed by atoms with E-state index in [9.17, 15) is 9.90 Å². The minimum Gasteiger partial charge on any atom is -0.508 e. The molecule has 0 unspecified atom stereocenters. The van der Waals surface area contributed by atoms with Gasteiger partial charge in [0.1, 0.15) is 17.5 Å². The topological polar surface area (TPSA) is 59.0 Å². The van der Waals surface area contributed by atoms with Crippen LogP contribution in [0, 0.1) is 0 Å². The van der Waals surface area contributed by atoms with E-state index in [0.717, 1.165) is 18.4 Å². The van der Waals surface area contributed by atoms with Crippen LogP contribution >= 0.6 is 0 Å². The lowest BCUT2D eigenvalue weighted by molar-refractivity contribution is -0.103. The zero-order valence-corrected chi connectivity index (χ0v) is 13.3. The van der Waals surface area contributed by atoms with Crippen LogP contribution in [-0.4, -0.2) is 40.4 Å². The SMILES string of the molecule is CC(C)(C)OC(=O)N1C[C@@H](c2cccc(O)c2)OC2(CC2)C1. The summed E-state index contributed by atoms with van der Waals surface area (Å²) in [6, 6.07) is 7.03. The molecule has 1 atom stereocenters. The summed E-state index contributed by atoms with van der Waals surface area (Å²) < 4.78 is 11.7. The number of aromatic hydroxyl groups is 1. The van der Waals surface area contributed by atoms with Crippen LogP contribution in [0.25, 0.3) is 0 Å². The molecule has 5 heteroatoms. The smallest absolute Gasteiger partial charge is 0.410 e. The molecular weight excluding hydrogens is 282 g/mol. The number of hydrogen-bond donors (Lipinski definition) is 1. The third-order valence-electron chi connectivity index (χ3n) is 3.96. The Balaban J connectivity index is 1.77. The normalized spacial score (nSPS) is 23.4. The number of morpholine rings is 1. The maximum atomic E-state index is 12.4. The molecule has 1 amide bonds. The largest absolute Gasteiger partial charge is 0.508 e. The third kappa shape index (κ3) is 3.35. The molecule has 0 aromatic heterocycles. The number of nitrogens with zero attached hydrogens (tertiary/aromatic N) is 1. The number of hydrogen-bond acceptors (Lipinski definition) is 4. The second-order valence-electron chi connectivity index (χ2n) is 7.25. The average molecular weight is 305 g/mol. The summed E-state index contributed by atoms with van der Waals surface area (Å²) in [4.78, 5) is 14.1. The van der Waals surface area contributed by atoms with Gasteiger partial charge in [-0.1, -0.05) is 12.1 Å². The fourth-order valence-corrected chi connectivity index (χ4v) is 2.77. The number of amides is 1. The Morgan fingerprint density at radius 2 is 2.14 bits per heavy atom. The Bertz CT molecular complexity index is 574. The summed E-state index contributed by atoms with van der Waals surface area (Å²) in [6.45, 7) is 6.62. The number of benzene rings is 1. The van der Waals surface area contributed by atoms with Crippen molar-refractivity contribution in [1.29, 1.82) is 0 Å². The molecule has 1 aromatic rings. The lowest BCUT2D eigenvalue weighted by Gasteiger charge is -2.39. The van der Waals surface area contributed by atoms with Gasteiger partial charge in [-0.3, -0.25) is 0 Å². The van der Waals surface area contributed by atoms with Gasteiger partial charge in [0.25, 0.3) is 0 Å². The molecule has 1 saturated carbocycles. The molecule has 1 aromatic carbocycles. The van der Waals surface area contributed by atoms with Crippen molar-refractivity contribution in [2.45, 2.75) is 50.9 Å². The van der Waals surface area contributed by atoms with E-state index in [1.165, 1.54) is 0 Å².